The third-order valence-electron chi connectivity index (χ3n) is 3.56. The van der Waals surface area contributed by atoms with Crippen molar-refractivity contribution < 1.29 is 9.32 Å². The first-order valence-electron chi connectivity index (χ1n) is 7.47. The van der Waals surface area contributed by atoms with Crippen LogP contribution in [0.4, 0.5) is 5.69 Å². The molecular formula is C18H16ClN3O2. The highest BCUT2D eigenvalue weighted by atomic mass is 35.5. The number of anilines is 1. The van der Waals surface area contributed by atoms with Crippen molar-refractivity contribution in [3.63, 3.8) is 0 Å². The van der Waals surface area contributed by atoms with Crippen LogP contribution in [0.5, 0.6) is 0 Å². The molecule has 0 bridgehead atoms. The van der Waals surface area contributed by atoms with Crippen molar-refractivity contribution in [1.82, 2.24) is 10.1 Å². The highest BCUT2D eigenvalue weighted by Gasteiger charge is 2.13. The number of hydrogen-bond acceptors (Lipinski definition) is 4. The summed E-state index contributed by atoms with van der Waals surface area (Å²) < 4.78 is 5.22. The molecule has 24 heavy (non-hydrogen) atoms. The van der Waals surface area contributed by atoms with Crippen molar-refractivity contribution in [2.24, 2.45) is 0 Å². The highest BCUT2D eigenvalue weighted by Crippen LogP contribution is 2.21. The van der Waals surface area contributed by atoms with Crippen molar-refractivity contribution in [3.8, 4) is 11.5 Å². The van der Waals surface area contributed by atoms with Gasteiger partial charge in [0.1, 0.15) is 0 Å². The zero-order valence-electron chi connectivity index (χ0n) is 13.3. The van der Waals surface area contributed by atoms with Gasteiger partial charge in [-0.3, -0.25) is 4.79 Å². The van der Waals surface area contributed by atoms with Gasteiger partial charge in [-0.2, -0.15) is 4.98 Å². The molecule has 3 aromatic rings. The standard InChI is InChI=1S/C18H16ClN3O2/c1-11-3-6-13(7-4-11)18-21-16(22-24-18)10-17(23)20-15-9-14(19)8-5-12(15)2/h3-9H,10H2,1-2H3,(H,20,23). The summed E-state index contributed by atoms with van der Waals surface area (Å²) in [7, 11) is 0. The van der Waals surface area contributed by atoms with Gasteiger partial charge in [0.15, 0.2) is 5.82 Å². The number of hydrogen-bond donors (Lipinski definition) is 1. The zero-order chi connectivity index (χ0) is 17.1. The third kappa shape index (κ3) is 3.81. The van der Waals surface area contributed by atoms with E-state index >= 15 is 0 Å². The summed E-state index contributed by atoms with van der Waals surface area (Å²) in [5.74, 6) is 0.510. The first-order valence-corrected chi connectivity index (χ1v) is 7.85. The highest BCUT2D eigenvalue weighted by molar-refractivity contribution is 6.31. The predicted molar refractivity (Wildman–Crippen MR) is 93.0 cm³/mol. The van der Waals surface area contributed by atoms with Gasteiger partial charge in [0.05, 0.1) is 6.42 Å². The molecule has 0 saturated heterocycles. The number of amides is 1. The molecule has 1 N–H and O–H groups in total. The van der Waals surface area contributed by atoms with Gasteiger partial charge in [-0.15, -0.1) is 0 Å². The Labute approximate surface area is 144 Å². The Balaban J connectivity index is 1.69. The second kappa shape index (κ2) is 6.84. The van der Waals surface area contributed by atoms with Crippen LogP contribution in [0.2, 0.25) is 5.02 Å². The minimum atomic E-state index is -0.225. The number of aryl methyl sites for hydroxylation is 2. The SMILES string of the molecule is Cc1ccc(-c2nc(CC(=O)Nc3cc(Cl)ccc3C)no2)cc1. The van der Waals surface area contributed by atoms with Gasteiger partial charge in [0.25, 0.3) is 5.89 Å². The zero-order valence-corrected chi connectivity index (χ0v) is 14.1. The molecule has 0 atom stereocenters. The molecule has 0 unspecified atom stereocenters. The van der Waals surface area contributed by atoms with Gasteiger partial charge < -0.3 is 9.84 Å². The van der Waals surface area contributed by atoms with Crippen molar-refractivity contribution >= 4 is 23.2 Å². The van der Waals surface area contributed by atoms with Crippen LogP contribution in [0.1, 0.15) is 17.0 Å². The van der Waals surface area contributed by atoms with Crippen LogP contribution in [0, 0.1) is 13.8 Å². The Morgan fingerprint density at radius 1 is 1.17 bits per heavy atom. The number of carbonyl (C=O) groups is 1. The molecule has 5 nitrogen and oxygen atoms in total. The lowest BCUT2D eigenvalue weighted by molar-refractivity contribution is -0.115. The maximum Gasteiger partial charge on any atom is 0.257 e. The van der Waals surface area contributed by atoms with Gasteiger partial charge in [-0.1, -0.05) is 40.5 Å². The van der Waals surface area contributed by atoms with Crippen molar-refractivity contribution in [2.75, 3.05) is 5.32 Å². The van der Waals surface area contributed by atoms with Gasteiger partial charge >= 0.3 is 0 Å². The van der Waals surface area contributed by atoms with E-state index in [-0.39, 0.29) is 12.3 Å². The first kappa shape index (κ1) is 16.2. The average molecular weight is 342 g/mol. The first-order chi connectivity index (χ1) is 11.5. The van der Waals surface area contributed by atoms with Crippen LogP contribution >= 0.6 is 11.6 Å². The normalized spacial score (nSPS) is 10.6. The second-order valence-electron chi connectivity index (χ2n) is 5.57. The Morgan fingerprint density at radius 2 is 1.92 bits per heavy atom. The van der Waals surface area contributed by atoms with E-state index in [1.165, 1.54) is 0 Å². The van der Waals surface area contributed by atoms with E-state index in [9.17, 15) is 4.79 Å². The molecule has 0 aliphatic rings. The van der Waals surface area contributed by atoms with E-state index in [4.69, 9.17) is 16.1 Å². The maximum atomic E-state index is 12.2. The monoisotopic (exact) mass is 341 g/mol. The topological polar surface area (TPSA) is 68.0 Å². The molecule has 1 aromatic heterocycles. The summed E-state index contributed by atoms with van der Waals surface area (Å²) >= 11 is 5.95. The number of carbonyl (C=O) groups excluding carboxylic acids is 1. The molecule has 3 rings (SSSR count). The molecule has 0 aliphatic heterocycles. The molecular weight excluding hydrogens is 326 g/mol. The van der Waals surface area contributed by atoms with E-state index in [0.29, 0.717) is 22.4 Å². The van der Waals surface area contributed by atoms with Gasteiger partial charge in [0, 0.05) is 16.3 Å². The Hall–Kier alpha value is -2.66. The third-order valence-corrected chi connectivity index (χ3v) is 3.79. The molecule has 1 heterocycles. The molecule has 6 heteroatoms. The number of rotatable bonds is 4. The maximum absolute atomic E-state index is 12.2. The van der Waals surface area contributed by atoms with Gasteiger partial charge in [0.2, 0.25) is 5.91 Å². The van der Waals surface area contributed by atoms with Crippen LogP contribution < -0.4 is 5.32 Å². The van der Waals surface area contributed by atoms with Gasteiger partial charge in [-0.25, -0.2) is 0 Å². The summed E-state index contributed by atoms with van der Waals surface area (Å²) in [6, 6.07) is 13.1. The number of nitrogens with one attached hydrogen (secondary N) is 1. The minimum absolute atomic E-state index is 0.0291. The minimum Gasteiger partial charge on any atom is -0.334 e. The molecule has 2 aromatic carbocycles. The number of halogens is 1. The summed E-state index contributed by atoms with van der Waals surface area (Å²) in [5, 5.41) is 7.24. The van der Waals surface area contributed by atoms with Crippen LogP contribution in [0.25, 0.3) is 11.5 Å². The van der Waals surface area contributed by atoms with E-state index in [1.807, 2.05) is 44.2 Å². The Morgan fingerprint density at radius 3 is 2.67 bits per heavy atom. The lowest BCUT2D eigenvalue weighted by Gasteiger charge is -2.07. The lowest BCUT2D eigenvalue weighted by atomic mass is 10.1. The fraction of sp³-hybridized carbons (Fsp3) is 0.167. The average Bonchev–Trinajstić information content (AvgIpc) is 3.00. The summed E-state index contributed by atoms with van der Waals surface area (Å²) in [4.78, 5) is 16.4. The van der Waals surface area contributed by atoms with Gasteiger partial charge in [-0.05, 0) is 43.7 Å². The van der Waals surface area contributed by atoms with E-state index in [0.717, 1.165) is 16.7 Å². The predicted octanol–water partition coefficient (Wildman–Crippen LogP) is 4.19. The molecule has 1 amide bonds. The van der Waals surface area contributed by atoms with Crippen molar-refractivity contribution in [1.29, 1.82) is 0 Å². The Bertz CT molecular complexity index is 872. The second-order valence-corrected chi connectivity index (χ2v) is 6.00. The smallest absolute Gasteiger partial charge is 0.257 e. The summed E-state index contributed by atoms with van der Waals surface area (Å²) in [6.07, 6.45) is 0.0291. The molecule has 0 radical (unpaired) electrons. The van der Waals surface area contributed by atoms with E-state index in [1.54, 1.807) is 12.1 Å². The molecule has 0 aliphatic carbocycles. The molecule has 0 fully saturated rings. The van der Waals surface area contributed by atoms with Crippen LogP contribution in [0.3, 0.4) is 0 Å². The molecule has 0 saturated carbocycles. The molecule has 0 spiro atoms. The largest absolute Gasteiger partial charge is 0.334 e. The van der Waals surface area contributed by atoms with Crippen molar-refractivity contribution in [2.45, 2.75) is 20.3 Å². The fourth-order valence-corrected chi connectivity index (χ4v) is 2.38. The van der Waals surface area contributed by atoms with E-state index < -0.39 is 0 Å². The van der Waals surface area contributed by atoms with Crippen LogP contribution in [-0.4, -0.2) is 16.0 Å². The van der Waals surface area contributed by atoms with E-state index in [2.05, 4.69) is 15.5 Å². The van der Waals surface area contributed by atoms with Crippen molar-refractivity contribution in [3.05, 3.63) is 64.4 Å². The van der Waals surface area contributed by atoms with Crippen LogP contribution in [0.15, 0.2) is 47.0 Å². The quantitative estimate of drug-likeness (QED) is 0.772. The number of benzene rings is 2. The Kier molecular flexibility index (Phi) is 4.62. The fourth-order valence-electron chi connectivity index (χ4n) is 2.21. The number of nitrogens with zero attached hydrogens (tertiary/aromatic N) is 2. The van der Waals surface area contributed by atoms with Crippen LogP contribution in [-0.2, 0) is 11.2 Å². The number of aromatic nitrogens is 2. The summed E-state index contributed by atoms with van der Waals surface area (Å²) in [5.41, 5.74) is 3.58. The lowest BCUT2D eigenvalue weighted by Crippen LogP contribution is -2.15. The summed E-state index contributed by atoms with van der Waals surface area (Å²) in [6.45, 7) is 3.90. The molecule has 122 valence electrons.